The van der Waals surface area contributed by atoms with Gasteiger partial charge in [-0.15, -0.1) is 0 Å². The molecule has 1 fully saturated rings. The van der Waals surface area contributed by atoms with Gasteiger partial charge in [-0.25, -0.2) is 4.39 Å². The highest BCUT2D eigenvalue weighted by molar-refractivity contribution is 6.30. The van der Waals surface area contributed by atoms with Crippen LogP contribution in [-0.2, 0) is 4.74 Å². The van der Waals surface area contributed by atoms with Gasteiger partial charge in [-0.2, -0.15) is 0 Å². The molecule has 0 bridgehead atoms. The molecular formula is C65H129ClFNO. The Labute approximate surface area is 442 Å². The van der Waals surface area contributed by atoms with E-state index in [9.17, 15) is 4.39 Å². The molecule has 0 saturated carbocycles. The summed E-state index contributed by atoms with van der Waals surface area (Å²) in [6.45, 7) is 58.7. The summed E-state index contributed by atoms with van der Waals surface area (Å²) in [7, 11) is 0. The number of hydrogen-bond donors (Lipinski definition) is 0. The minimum Gasteiger partial charge on any atom is -0.379 e. The summed E-state index contributed by atoms with van der Waals surface area (Å²) in [5.74, 6) is 7.04. The molecule has 2 aromatic rings. The Morgan fingerprint density at radius 1 is 0.435 bits per heavy atom. The van der Waals surface area contributed by atoms with Crippen LogP contribution in [0.4, 0.5) is 4.39 Å². The van der Waals surface area contributed by atoms with Crippen LogP contribution in [-0.4, -0.2) is 37.7 Å². The molecule has 1 aliphatic rings. The molecule has 0 aliphatic carbocycles. The SMILES string of the molecule is CC(C)C.CC(C)CN1CCOCC1.CC(C)c1ccc(Cl)cc1.CC(C)c1ccc(F)cc1.CCC(C)C.CCCC(C)C.CCCCC(C)C.CCCCCC(C)C.CCCCCCC(C)C. The van der Waals surface area contributed by atoms with E-state index in [1.54, 1.807) is 0 Å². The van der Waals surface area contributed by atoms with E-state index < -0.39 is 0 Å². The normalized spacial score (nSPS) is 11.9. The molecule has 0 aromatic heterocycles. The van der Waals surface area contributed by atoms with Crippen LogP contribution in [0.2, 0.25) is 5.02 Å². The molecule has 0 unspecified atom stereocenters. The summed E-state index contributed by atoms with van der Waals surface area (Å²) in [4.78, 5) is 2.47. The minimum absolute atomic E-state index is 0.163. The molecule has 0 spiro atoms. The zero-order chi connectivity index (χ0) is 54.6. The maximum absolute atomic E-state index is 12.4. The summed E-state index contributed by atoms with van der Waals surface area (Å²) in [5, 5.41) is 0.810. The van der Waals surface area contributed by atoms with Gasteiger partial charge in [0, 0.05) is 24.7 Å². The zero-order valence-corrected chi connectivity index (χ0v) is 52.3. The Kier molecular flexibility index (Phi) is 67.7. The maximum Gasteiger partial charge on any atom is 0.123 e. The van der Waals surface area contributed by atoms with Crippen LogP contribution in [0.15, 0.2) is 48.5 Å². The summed E-state index contributed by atoms with van der Waals surface area (Å²) in [6.07, 6.45) is 20.8. The van der Waals surface area contributed by atoms with Gasteiger partial charge in [0.25, 0.3) is 0 Å². The molecule has 3 rings (SSSR count). The fraction of sp³-hybridized carbons (Fsp3) is 0.815. The van der Waals surface area contributed by atoms with Crippen LogP contribution in [0, 0.1) is 47.2 Å². The number of unbranched alkanes of at least 4 members (excludes halogenated alkanes) is 6. The second-order valence-corrected chi connectivity index (χ2v) is 23.5. The number of ether oxygens (including phenoxy) is 1. The highest BCUT2D eigenvalue weighted by atomic mass is 35.5. The molecule has 2 nitrogen and oxygen atoms in total. The second-order valence-electron chi connectivity index (χ2n) is 23.1. The number of morpholine rings is 1. The van der Waals surface area contributed by atoms with Gasteiger partial charge >= 0.3 is 0 Å². The van der Waals surface area contributed by atoms with Crippen molar-refractivity contribution < 1.29 is 9.13 Å². The molecule has 0 N–H and O–H groups in total. The van der Waals surface area contributed by atoms with Crippen molar-refractivity contribution in [3.05, 3.63) is 70.5 Å². The van der Waals surface area contributed by atoms with Gasteiger partial charge in [-0.3, -0.25) is 4.90 Å². The first kappa shape index (κ1) is 79.0. The van der Waals surface area contributed by atoms with Gasteiger partial charge in [0.1, 0.15) is 5.82 Å². The van der Waals surface area contributed by atoms with Crippen molar-refractivity contribution in [3.63, 3.8) is 0 Å². The molecule has 0 amide bonds. The molecule has 69 heavy (non-hydrogen) atoms. The largest absolute Gasteiger partial charge is 0.379 e. The molecule has 414 valence electrons. The number of halogens is 2. The van der Waals surface area contributed by atoms with Gasteiger partial charge < -0.3 is 4.74 Å². The summed E-state index contributed by atoms with van der Waals surface area (Å²) >= 11 is 5.72. The van der Waals surface area contributed by atoms with Gasteiger partial charge in [0.05, 0.1) is 13.2 Å². The van der Waals surface area contributed by atoms with Crippen LogP contribution in [0.25, 0.3) is 0 Å². The van der Waals surface area contributed by atoms with Crippen molar-refractivity contribution in [3.8, 4) is 0 Å². The average Bonchev–Trinajstić information content (AvgIpc) is 3.26. The number of rotatable bonds is 19. The summed E-state index contributed by atoms with van der Waals surface area (Å²) in [5.41, 5.74) is 2.52. The molecule has 1 saturated heterocycles. The van der Waals surface area contributed by atoms with E-state index in [0.29, 0.717) is 11.8 Å². The third-order valence-electron chi connectivity index (χ3n) is 10.6. The van der Waals surface area contributed by atoms with Gasteiger partial charge in [0.2, 0.25) is 0 Å². The lowest BCUT2D eigenvalue weighted by molar-refractivity contribution is 0.0329. The second kappa shape index (κ2) is 59.1. The maximum atomic E-state index is 12.4. The third-order valence-corrected chi connectivity index (χ3v) is 10.9. The van der Waals surface area contributed by atoms with E-state index in [1.165, 1.54) is 126 Å². The Balaban J connectivity index is -0.000000164. The molecule has 0 radical (unpaired) electrons. The van der Waals surface area contributed by atoms with Crippen molar-refractivity contribution in [1.82, 2.24) is 4.90 Å². The van der Waals surface area contributed by atoms with Crippen LogP contribution in [0.5, 0.6) is 0 Å². The lowest BCUT2D eigenvalue weighted by Gasteiger charge is -2.27. The van der Waals surface area contributed by atoms with E-state index in [4.69, 9.17) is 16.3 Å². The summed E-state index contributed by atoms with van der Waals surface area (Å²) < 4.78 is 17.6. The quantitative estimate of drug-likeness (QED) is 0.130. The van der Waals surface area contributed by atoms with Crippen molar-refractivity contribution >= 4 is 11.6 Å². The molecule has 4 heteroatoms. The Morgan fingerprint density at radius 2 is 0.768 bits per heavy atom. The number of nitrogens with zero attached hydrogens (tertiary/aromatic N) is 1. The van der Waals surface area contributed by atoms with Crippen LogP contribution >= 0.6 is 11.6 Å². The van der Waals surface area contributed by atoms with E-state index in [2.05, 4.69) is 183 Å². The molecule has 2 aromatic carbocycles. The number of hydrogen-bond acceptors (Lipinski definition) is 2. The van der Waals surface area contributed by atoms with Crippen LogP contribution in [0.3, 0.4) is 0 Å². The van der Waals surface area contributed by atoms with Crippen molar-refractivity contribution in [2.45, 2.75) is 274 Å². The van der Waals surface area contributed by atoms with E-state index in [-0.39, 0.29) is 5.82 Å². The van der Waals surface area contributed by atoms with E-state index in [0.717, 1.165) is 72.8 Å². The van der Waals surface area contributed by atoms with Crippen LogP contribution in [0.1, 0.15) is 285 Å². The minimum atomic E-state index is -0.163. The highest BCUT2D eigenvalue weighted by Crippen LogP contribution is 2.17. The van der Waals surface area contributed by atoms with Crippen molar-refractivity contribution in [2.75, 3.05) is 32.8 Å². The van der Waals surface area contributed by atoms with Crippen molar-refractivity contribution in [2.24, 2.45) is 41.4 Å². The monoisotopic (exact) mass is 994 g/mol. The lowest BCUT2D eigenvalue weighted by atomic mass is 10.0. The standard InChI is InChI=1S/C9H11Cl.C9H11F.C9H20.C8H17NO.C8H18.C7H16.C6H14.C5H12.C4H10/c2*1-7(2)8-3-5-9(10)6-4-8;1-4-5-6-7-8-9(2)3;1-8(2)7-9-3-5-10-6-4-9;1-4-5-6-7-8(2)3;1-4-5-6-7(2)3;1-4-5-6(2)3;1-4-5(2)3;1-4(2)3/h2*3-7H,1-2H3;9H,4-8H2,1-3H3;8H,3-7H2,1-2H3;8H,4-7H2,1-3H3;7H,4-6H2,1-3H3;6H,4-5H2,1-3H3;5H,4H2,1-3H3;4H,1-3H3. The van der Waals surface area contributed by atoms with Gasteiger partial charge in [-0.1, -0.05) is 298 Å². The van der Waals surface area contributed by atoms with Crippen LogP contribution < -0.4 is 0 Å². The first-order chi connectivity index (χ1) is 32.3. The van der Waals surface area contributed by atoms with E-state index >= 15 is 0 Å². The van der Waals surface area contributed by atoms with E-state index in [1.807, 2.05) is 24.3 Å². The Morgan fingerprint density at radius 3 is 1.04 bits per heavy atom. The first-order valence-corrected chi connectivity index (χ1v) is 29.5. The number of benzene rings is 2. The molecule has 0 atom stereocenters. The first-order valence-electron chi connectivity index (χ1n) is 29.1. The zero-order valence-electron chi connectivity index (χ0n) is 51.6. The Bertz CT molecular complexity index is 1130. The smallest absolute Gasteiger partial charge is 0.123 e. The molecular weight excluding hydrogens is 865 g/mol. The fourth-order valence-electron chi connectivity index (χ4n) is 5.97. The third kappa shape index (κ3) is 80.9. The predicted molar refractivity (Wildman–Crippen MR) is 320 cm³/mol. The summed E-state index contributed by atoms with van der Waals surface area (Å²) in [6, 6.07) is 14.6. The lowest BCUT2D eigenvalue weighted by Crippen LogP contribution is -2.38. The molecule has 1 aliphatic heterocycles. The predicted octanol–water partition coefficient (Wildman–Crippen LogP) is 23.2. The highest BCUT2D eigenvalue weighted by Gasteiger charge is 2.10. The molecule has 1 heterocycles. The fourth-order valence-corrected chi connectivity index (χ4v) is 6.09. The Hall–Kier alpha value is -1.42. The van der Waals surface area contributed by atoms with Gasteiger partial charge in [0.15, 0.2) is 0 Å². The van der Waals surface area contributed by atoms with Gasteiger partial charge in [-0.05, 0) is 88.7 Å². The average molecular weight is 995 g/mol. The topological polar surface area (TPSA) is 12.5 Å². The van der Waals surface area contributed by atoms with Crippen molar-refractivity contribution in [1.29, 1.82) is 0 Å².